The summed E-state index contributed by atoms with van der Waals surface area (Å²) in [5.41, 5.74) is 1.72. The molecule has 1 unspecified atom stereocenters. The third kappa shape index (κ3) is 2.63. The molecule has 0 spiro atoms. The van der Waals surface area contributed by atoms with Gasteiger partial charge >= 0.3 is 0 Å². The molecule has 0 aliphatic carbocycles. The van der Waals surface area contributed by atoms with E-state index in [2.05, 4.69) is 20.7 Å². The summed E-state index contributed by atoms with van der Waals surface area (Å²) in [6, 6.07) is 7.54. The Balaban J connectivity index is 1.67. The van der Waals surface area contributed by atoms with Crippen LogP contribution in [0.5, 0.6) is 0 Å². The number of carbonyl (C=O) groups excluding carboxylic acids is 1. The number of aromatic nitrogens is 3. The number of nitrogens with one attached hydrogen (secondary N) is 2. The number of amides is 1. The zero-order chi connectivity index (χ0) is 13.1. The Bertz CT molecular complexity index is 543. The molecule has 2 N–H and O–H groups in total. The largest absolute Gasteiger partial charge is 0.326 e. The molecule has 1 saturated heterocycles. The standard InChI is InChI=1S/C13H15N5O/c19-13(10-5-6-14-7-10)17-11-1-3-12(4-2-11)18-9-15-8-16-18/h1-4,8-10,14H,5-7H2,(H,17,19). The second-order valence-electron chi connectivity index (χ2n) is 4.57. The Labute approximate surface area is 110 Å². The first-order chi connectivity index (χ1) is 9.33. The van der Waals surface area contributed by atoms with Gasteiger partial charge in [0.1, 0.15) is 12.7 Å². The Hall–Kier alpha value is -2.21. The van der Waals surface area contributed by atoms with Gasteiger partial charge in [0.15, 0.2) is 0 Å². The number of benzene rings is 1. The van der Waals surface area contributed by atoms with E-state index in [0.717, 1.165) is 30.9 Å². The van der Waals surface area contributed by atoms with E-state index in [1.54, 1.807) is 11.0 Å². The lowest BCUT2D eigenvalue weighted by molar-refractivity contribution is -0.119. The van der Waals surface area contributed by atoms with Crippen LogP contribution in [0.1, 0.15) is 6.42 Å². The summed E-state index contributed by atoms with van der Waals surface area (Å²) in [6.07, 6.45) is 4.03. The lowest BCUT2D eigenvalue weighted by Gasteiger charge is -2.10. The minimum Gasteiger partial charge on any atom is -0.326 e. The van der Waals surface area contributed by atoms with Gasteiger partial charge < -0.3 is 10.6 Å². The van der Waals surface area contributed by atoms with Crippen LogP contribution in [0, 0.1) is 5.92 Å². The van der Waals surface area contributed by atoms with Crippen molar-refractivity contribution in [3.05, 3.63) is 36.9 Å². The van der Waals surface area contributed by atoms with Crippen LogP contribution >= 0.6 is 0 Å². The van der Waals surface area contributed by atoms with Crippen LogP contribution in [0.4, 0.5) is 5.69 Å². The van der Waals surface area contributed by atoms with Gasteiger partial charge in [-0.2, -0.15) is 5.10 Å². The molecule has 0 bridgehead atoms. The molecule has 3 rings (SSSR count). The van der Waals surface area contributed by atoms with Crippen molar-refractivity contribution in [1.29, 1.82) is 0 Å². The van der Waals surface area contributed by atoms with E-state index >= 15 is 0 Å². The summed E-state index contributed by atoms with van der Waals surface area (Å²) >= 11 is 0. The molecule has 6 nitrogen and oxygen atoms in total. The maximum absolute atomic E-state index is 11.9. The summed E-state index contributed by atoms with van der Waals surface area (Å²) in [6.45, 7) is 1.69. The van der Waals surface area contributed by atoms with Crippen molar-refractivity contribution in [2.75, 3.05) is 18.4 Å². The Morgan fingerprint density at radius 3 is 2.84 bits per heavy atom. The van der Waals surface area contributed by atoms with Gasteiger partial charge in [0.25, 0.3) is 0 Å². The van der Waals surface area contributed by atoms with Crippen LogP contribution in [0.15, 0.2) is 36.9 Å². The number of rotatable bonds is 3. The zero-order valence-corrected chi connectivity index (χ0v) is 10.4. The third-order valence-corrected chi connectivity index (χ3v) is 3.25. The van der Waals surface area contributed by atoms with Crippen molar-refractivity contribution < 1.29 is 4.79 Å². The highest BCUT2D eigenvalue weighted by atomic mass is 16.1. The first kappa shape index (κ1) is 11.9. The van der Waals surface area contributed by atoms with E-state index in [1.165, 1.54) is 6.33 Å². The van der Waals surface area contributed by atoms with Gasteiger partial charge in [0.2, 0.25) is 5.91 Å². The minimum atomic E-state index is 0.0787. The number of nitrogens with zero attached hydrogens (tertiary/aromatic N) is 3. The van der Waals surface area contributed by atoms with Crippen molar-refractivity contribution in [3.63, 3.8) is 0 Å². The van der Waals surface area contributed by atoms with Crippen molar-refractivity contribution in [2.45, 2.75) is 6.42 Å². The zero-order valence-electron chi connectivity index (χ0n) is 10.4. The molecule has 0 radical (unpaired) electrons. The van der Waals surface area contributed by atoms with Gasteiger partial charge in [-0.25, -0.2) is 9.67 Å². The van der Waals surface area contributed by atoms with Crippen molar-refractivity contribution in [3.8, 4) is 5.69 Å². The van der Waals surface area contributed by atoms with Crippen molar-refractivity contribution in [2.24, 2.45) is 5.92 Å². The first-order valence-electron chi connectivity index (χ1n) is 6.29. The van der Waals surface area contributed by atoms with Crippen LogP contribution in [-0.2, 0) is 4.79 Å². The van der Waals surface area contributed by atoms with Crippen molar-refractivity contribution in [1.82, 2.24) is 20.1 Å². The SMILES string of the molecule is O=C(Nc1ccc(-n2cncn2)cc1)C1CCNC1. The summed E-state index contributed by atoms with van der Waals surface area (Å²) in [7, 11) is 0. The van der Waals surface area contributed by atoms with Gasteiger partial charge in [-0.3, -0.25) is 4.79 Å². The average molecular weight is 257 g/mol. The molecule has 2 aromatic rings. The molecule has 2 heterocycles. The van der Waals surface area contributed by atoms with E-state index in [-0.39, 0.29) is 11.8 Å². The fourth-order valence-electron chi connectivity index (χ4n) is 2.16. The van der Waals surface area contributed by atoms with Crippen LogP contribution in [0.3, 0.4) is 0 Å². The van der Waals surface area contributed by atoms with E-state index < -0.39 is 0 Å². The van der Waals surface area contributed by atoms with Crippen LogP contribution < -0.4 is 10.6 Å². The summed E-state index contributed by atoms with van der Waals surface area (Å²) in [5.74, 6) is 0.161. The molecule has 19 heavy (non-hydrogen) atoms. The van der Waals surface area contributed by atoms with Gasteiger partial charge in [-0.05, 0) is 37.2 Å². The smallest absolute Gasteiger partial charge is 0.228 e. The highest BCUT2D eigenvalue weighted by Crippen LogP contribution is 2.15. The molecule has 1 aromatic carbocycles. The van der Waals surface area contributed by atoms with E-state index in [4.69, 9.17) is 0 Å². The third-order valence-electron chi connectivity index (χ3n) is 3.25. The molecule has 1 aliphatic heterocycles. The fraction of sp³-hybridized carbons (Fsp3) is 0.308. The quantitative estimate of drug-likeness (QED) is 0.853. The maximum Gasteiger partial charge on any atom is 0.228 e. The van der Waals surface area contributed by atoms with E-state index in [0.29, 0.717) is 0 Å². The highest BCUT2D eigenvalue weighted by Gasteiger charge is 2.22. The average Bonchev–Trinajstić information content (AvgIpc) is 3.13. The van der Waals surface area contributed by atoms with E-state index in [1.807, 2.05) is 24.3 Å². The molecule has 98 valence electrons. The molecular weight excluding hydrogens is 242 g/mol. The molecular formula is C13H15N5O. The highest BCUT2D eigenvalue weighted by molar-refractivity contribution is 5.92. The number of hydrogen-bond acceptors (Lipinski definition) is 4. The predicted molar refractivity (Wildman–Crippen MR) is 71.0 cm³/mol. The summed E-state index contributed by atoms with van der Waals surface area (Å²) in [4.78, 5) is 15.8. The lowest BCUT2D eigenvalue weighted by Crippen LogP contribution is -2.24. The van der Waals surface area contributed by atoms with Crippen LogP contribution in [0.25, 0.3) is 5.69 Å². The second-order valence-corrected chi connectivity index (χ2v) is 4.57. The van der Waals surface area contributed by atoms with Gasteiger partial charge in [-0.15, -0.1) is 0 Å². The van der Waals surface area contributed by atoms with Gasteiger partial charge in [0.05, 0.1) is 11.6 Å². The molecule has 6 heteroatoms. The Morgan fingerprint density at radius 2 is 2.21 bits per heavy atom. The summed E-state index contributed by atoms with van der Waals surface area (Å²) in [5, 5.41) is 10.2. The van der Waals surface area contributed by atoms with Crippen LogP contribution in [0.2, 0.25) is 0 Å². The summed E-state index contributed by atoms with van der Waals surface area (Å²) < 4.78 is 1.67. The monoisotopic (exact) mass is 257 g/mol. The fourth-order valence-corrected chi connectivity index (χ4v) is 2.16. The molecule has 1 fully saturated rings. The normalized spacial score (nSPS) is 18.4. The Kier molecular flexibility index (Phi) is 3.24. The maximum atomic E-state index is 11.9. The second kappa shape index (κ2) is 5.19. The molecule has 1 amide bonds. The first-order valence-corrected chi connectivity index (χ1v) is 6.29. The lowest BCUT2D eigenvalue weighted by atomic mass is 10.1. The number of hydrogen-bond donors (Lipinski definition) is 2. The van der Waals surface area contributed by atoms with Gasteiger partial charge in [-0.1, -0.05) is 0 Å². The number of anilines is 1. The molecule has 1 aliphatic rings. The predicted octanol–water partition coefficient (Wildman–Crippen LogP) is 0.815. The Morgan fingerprint density at radius 1 is 1.37 bits per heavy atom. The minimum absolute atomic E-state index is 0.0787. The molecule has 0 saturated carbocycles. The van der Waals surface area contributed by atoms with Gasteiger partial charge in [0, 0.05) is 12.2 Å². The molecule has 1 atom stereocenters. The van der Waals surface area contributed by atoms with E-state index in [9.17, 15) is 4.79 Å². The van der Waals surface area contributed by atoms with Crippen molar-refractivity contribution >= 4 is 11.6 Å². The topological polar surface area (TPSA) is 71.8 Å². The van der Waals surface area contributed by atoms with Crippen LogP contribution in [-0.4, -0.2) is 33.8 Å². The number of carbonyl (C=O) groups is 1. The molecule has 1 aromatic heterocycles.